The van der Waals surface area contributed by atoms with E-state index >= 15 is 0 Å². The van der Waals surface area contributed by atoms with Gasteiger partial charge >= 0.3 is 0 Å². The second-order valence-corrected chi connectivity index (χ2v) is 7.89. The van der Waals surface area contributed by atoms with Gasteiger partial charge in [0.05, 0.1) is 5.75 Å². The van der Waals surface area contributed by atoms with Crippen LogP contribution in [0.3, 0.4) is 0 Å². The predicted molar refractivity (Wildman–Crippen MR) is 93.0 cm³/mol. The highest BCUT2D eigenvalue weighted by Gasteiger charge is 2.38. The Kier molecular flexibility index (Phi) is 4.89. The van der Waals surface area contributed by atoms with Crippen LogP contribution in [-0.2, 0) is 20.6 Å². The molecule has 1 aliphatic heterocycles. The summed E-state index contributed by atoms with van der Waals surface area (Å²) in [5.74, 6) is -0.543. The molecular formula is C17H17ClN2O3S. The summed E-state index contributed by atoms with van der Waals surface area (Å²) in [4.78, 5) is 12.3. The van der Waals surface area contributed by atoms with E-state index in [1.165, 1.54) is 4.31 Å². The molecule has 1 aliphatic rings. The molecule has 7 heteroatoms. The maximum Gasteiger partial charge on any atom is 0.243 e. The summed E-state index contributed by atoms with van der Waals surface area (Å²) < 4.78 is 27.1. The van der Waals surface area contributed by atoms with E-state index in [4.69, 9.17) is 11.6 Å². The molecule has 1 amide bonds. The van der Waals surface area contributed by atoms with Crippen molar-refractivity contribution in [1.82, 2.24) is 9.62 Å². The number of benzene rings is 2. The minimum atomic E-state index is -3.70. The molecule has 0 radical (unpaired) electrons. The van der Waals surface area contributed by atoms with Crippen molar-refractivity contribution in [2.75, 3.05) is 13.1 Å². The highest BCUT2D eigenvalue weighted by atomic mass is 35.5. The van der Waals surface area contributed by atoms with E-state index in [9.17, 15) is 13.2 Å². The molecule has 0 spiro atoms. The average molecular weight is 365 g/mol. The maximum absolute atomic E-state index is 12.9. The van der Waals surface area contributed by atoms with E-state index in [1.54, 1.807) is 48.5 Å². The number of carbonyl (C=O) groups is 1. The molecular weight excluding hydrogens is 348 g/mol. The lowest BCUT2D eigenvalue weighted by Crippen LogP contribution is -2.52. The molecule has 1 heterocycles. The van der Waals surface area contributed by atoms with Gasteiger partial charge in [0, 0.05) is 18.1 Å². The van der Waals surface area contributed by atoms with Crippen molar-refractivity contribution >= 4 is 27.5 Å². The van der Waals surface area contributed by atoms with Crippen molar-refractivity contribution in [3.05, 3.63) is 70.7 Å². The van der Waals surface area contributed by atoms with E-state index in [-0.39, 0.29) is 18.2 Å². The highest BCUT2D eigenvalue weighted by Crippen LogP contribution is 2.29. The van der Waals surface area contributed by atoms with Crippen LogP contribution in [0.15, 0.2) is 54.6 Å². The summed E-state index contributed by atoms with van der Waals surface area (Å²) in [6.45, 7) is 0.530. The Balaban J connectivity index is 1.95. The summed E-state index contributed by atoms with van der Waals surface area (Å²) in [7, 11) is -3.70. The van der Waals surface area contributed by atoms with Gasteiger partial charge in [-0.3, -0.25) is 4.79 Å². The Morgan fingerprint density at radius 2 is 1.75 bits per heavy atom. The van der Waals surface area contributed by atoms with Gasteiger partial charge in [-0.1, -0.05) is 60.1 Å². The van der Waals surface area contributed by atoms with Crippen molar-refractivity contribution < 1.29 is 13.2 Å². The summed E-state index contributed by atoms with van der Waals surface area (Å²) in [6, 6.07) is 14.9. The van der Waals surface area contributed by atoms with Gasteiger partial charge in [-0.05, 0) is 17.2 Å². The normalized spacial score (nSPS) is 19.0. The lowest BCUT2D eigenvalue weighted by Gasteiger charge is -2.34. The number of carbonyl (C=O) groups excluding carboxylic acids is 1. The van der Waals surface area contributed by atoms with E-state index in [1.807, 2.05) is 6.07 Å². The third kappa shape index (κ3) is 3.45. The number of amides is 1. The molecule has 1 saturated heterocycles. The first-order valence-electron chi connectivity index (χ1n) is 7.54. The molecule has 0 bridgehead atoms. The monoisotopic (exact) mass is 364 g/mol. The lowest BCUT2D eigenvalue weighted by atomic mass is 10.1. The second kappa shape index (κ2) is 6.93. The Morgan fingerprint density at radius 1 is 1.08 bits per heavy atom. The first kappa shape index (κ1) is 17.0. The van der Waals surface area contributed by atoms with Gasteiger partial charge in [0.15, 0.2) is 0 Å². The number of hydrogen-bond donors (Lipinski definition) is 1. The molecule has 1 unspecified atom stereocenters. The third-order valence-electron chi connectivity index (χ3n) is 3.94. The number of sulfonamides is 1. The van der Waals surface area contributed by atoms with Crippen molar-refractivity contribution in [2.45, 2.75) is 11.8 Å². The quantitative estimate of drug-likeness (QED) is 0.905. The van der Waals surface area contributed by atoms with Gasteiger partial charge < -0.3 is 5.32 Å². The fraction of sp³-hybridized carbons (Fsp3) is 0.235. The van der Waals surface area contributed by atoms with Crippen molar-refractivity contribution in [3.8, 4) is 0 Å². The van der Waals surface area contributed by atoms with Crippen molar-refractivity contribution in [3.63, 3.8) is 0 Å². The number of nitrogens with zero attached hydrogens (tertiary/aromatic N) is 1. The SMILES string of the molecule is O=C1NCCN(S(=O)(=O)Cc2ccccc2Cl)C1c1ccccc1. The molecule has 5 nitrogen and oxygen atoms in total. The molecule has 0 saturated carbocycles. The fourth-order valence-corrected chi connectivity index (χ4v) is 4.79. The zero-order valence-electron chi connectivity index (χ0n) is 12.9. The van der Waals surface area contributed by atoms with E-state index in [0.29, 0.717) is 22.7 Å². The van der Waals surface area contributed by atoms with Gasteiger partial charge in [-0.15, -0.1) is 0 Å². The molecule has 1 fully saturated rings. The molecule has 0 aromatic heterocycles. The van der Waals surface area contributed by atoms with Crippen LogP contribution in [0.5, 0.6) is 0 Å². The number of nitrogens with one attached hydrogen (secondary N) is 1. The summed E-state index contributed by atoms with van der Waals surface area (Å²) in [5.41, 5.74) is 1.18. The number of piperazine rings is 1. The maximum atomic E-state index is 12.9. The predicted octanol–water partition coefficient (Wildman–Crippen LogP) is 2.34. The Labute approximate surface area is 146 Å². The topological polar surface area (TPSA) is 66.5 Å². The smallest absolute Gasteiger partial charge is 0.243 e. The van der Waals surface area contributed by atoms with Crippen LogP contribution in [-0.4, -0.2) is 31.7 Å². The van der Waals surface area contributed by atoms with Crippen LogP contribution in [0.2, 0.25) is 5.02 Å². The van der Waals surface area contributed by atoms with Gasteiger partial charge in [-0.25, -0.2) is 8.42 Å². The van der Waals surface area contributed by atoms with Gasteiger partial charge in [0.1, 0.15) is 6.04 Å². The van der Waals surface area contributed by atoms with E-state index in [0.717, 1.165) is 0 Å². The molecule has 0 aliphatic carbocycles. The minimum absolute atomic E-state index is 0.233. The van der Waals surface area contributed by atoms with Crippen LogP contribution < -0.4 is 5.32 Å². The second-order valence-electron chi connectivity index (χ2n) is 5.56. The zero-order chi connectivity index (χ0) is 17.2. The van der Waals surface area contributed by atoms with Crippen LogP contribution in [0.1, 0.15) is 17.2 Å². The zero-order valence-corrected chi connectivity index (χ0v) is 14.4. The molecule has 3 rings (SSSR count). The van der Waals surface area contributed by atoms with Crippen LogP contribution in [0.4, 0.5) is 0 Å². The third-order valence-corrected chi connectivity index (χ3v) is 6.09. The number of hydrogen-bond acceptors (Lipinski definition) is 3. The molecule has 24 heavy (non-hydrogen) atoms. The fourth-order valence-electron chi connectivity index (χ4n) is 2.79. The average Bonchev–Trinajstić information content (AvgIpc) is 2.57. The lowest BCUT2D eigenvalue weighted by molar-refractivity contribution is -0.126. The Bertz CT molecular complexity index is 840. The standard InChI is InChI=1S/C17H17ClN2O3S/c18-15-9-5-4-8-14(15)12-24(22,23)20-11-10-19-17(21)16(20)13-6-2-1-3-7-13/h1-9,16H,10-12H2,(H,19,21). The molecule has 2 aromatic rings. The molecule has 2 aromatic carbocycles. The molecule has 126 valence electrons. The minimum Gasteiger partial charge on any atom is -0.353 e. The molecule has 1 N–H and O–H groups in total. The van der Waals surface area contributed by atoms with Crippen molar-refractivity contribution in [1.29, 1.82) is 0 Å². The first-order valence-corrected chi connectivity index (χ1v) is 9.53. The Hall–Kier alpha value is -1.89. The summed E-state index contributed by atoms with van der Waals surface area (Å²) in [5, 5.41) is 3.14. The largest absolute Gasteiger partial charge is 0.353 e. The van der Waals surface area contributed by atoms with Gasteiger partial charge in [0.2, 0.25) is 15.9 Å². The summed E-state index contributed by atoms with van der Waals surface area (Å²) >= 11 is 6.09. The number of rotatable bonds is 4. The summed E-state index contributed by atoms with van der Waals surface area (Å²) in [6.07, 6.45) is 0. The van der Waals surface area contributed by atoms with E-state index in [2.05, 4.69) is 5.32 Å². The van der Waals surface area contributed by atoms with Crippen LogP contribution >= 0.6 is 11.6 Å². The Morgan fingerprint density at radius 3 is 2.46 bits per heavy atom. The van der Waals surface area contributed by atoms with E-state index < -0.39 is 16.1 Å². The van der Waals surface area contributed by atoms with Crippen molar-refractivity contribution in [2.24, 2.45) is 0 Å². The van der Waals surface area contributed by atoms with Crippen LogP contribution in [0, 0.1) is 0 Å². The highest BCUT2D eigenvalue weighted by molar-refractivity contribution is 7.88. The number of halogens is 1. The van der Waals surface area contributed by atoms with Crippen LogP contribution in [0.25, 0.3) is 0 Å². The van der Waals surface area contributed by atoms with Gasteiger partial charge in [0.25, 0.3) is 0 Å². The first-order chi connectivity index (χ1) is 11.5. The molecule has 1 atom stereocenters. The van der Waals surface area contributed by atoms with Gasteiger partial charge in [-0.2, -0.15) is 4.31 Å².